The van der Waals surface area contributed by atoms with E-state index in [9.17, 15) is 0 Å². The highest BCUT2D eigenvalue weighted by Crippen LogP contribution is 2.27. The van der Waals surface area contributed by atoms with Crippen LogP contribution in [0.25, 0.3) is 11.0 Å². The van der Waals surface area contributed by atoms with Gasteiger partial charge >= 0.3 is 0 Å². The number of pyridine rings is 1. The van der Waals surface area contributed by atoms with E-state index >= 15 is 0 Å². The van der Waals surface area contributed by atoms with Crippen LogP contribution in [0.5, 0.6) is 0 Å². The fourth-order valence-electron chi connectivity index (χ4n) is 3.17. The number of anilines is 4. The smallest absolute Gasteiger partial charge is 0.149 e. The van der Waals surface area contributed by atoms with E-state index in [1.807, 2.05) is 25.3 Å². The topological polar surface area (TPSA) is 122 Å². The number of aromatic nitrogens is 4. The average molecular weight is 324 g/mol. The molecule has 1 atom stereocenters. The zero-order valence-corrected chi connectivity index (χ0v) is 13.5. The monoisotopic (exact) mass is 324 g/mol. The van der Waals surface area contributed by atoms with Crippen molar-refractivity contribution in [2.45, 2.75) is 19.4 Å². The average Bonchev–Trinajstić information content (AvgIpc) is 3.21. The first-order valence-corrected chi connectivity index (χ1v) is 7.94. The molecule has 3 aromatic rings. The van der Waals surface area contributed by atoms with E-state index in [0.29, 0.717) is 11.5 Å². The fraction of sp³-hybridized carbons (Fsp3) is 0.312. The van der Waals surface area contributed by atoms with Crippen LogP contribution in [0, 0.1) is 6.92 Å². The third kappa shape index (κ3) is 2.45. The van der Waals surface area contributed by atoms with Gasteiger partial charge in [0.05, 0.1) is 11.1 Å². The van der Waals surface area contributed by atoms with Crippen LogP contribution in [0.2, 0.25) is 0 Å². The molecule has 0 aliphatic carbocycles. The summed E-state index contributed by atoms with van der Waals surface area (Å²) in [6.07, 6.45) is 4.49. The minimum absolute atomic E-state index is 0.281. The SMILES string of the molecule is Cc1cc(N)c(N)nc1N[C@@H]1CCN(c2ncnc3[nH]ccc23)C1. The lowest BCUT2D eigenvalue weighted by Gasteiger charge is -2.19. The summed E-state index contributed by atoms with van der Waals surface area (Å²) in [5.41, 5.74) is 14.0. The van der Waals surface area contributed by atoms with Gasteiger partial charge in [0.1, 0.15) is 29.4 Å². The number of hydrogen-bond acceptors (Lipinski definition) is 7. The summed E-state index contributed by atoms with van der Waals surface area (Å²) in [5.74, 6) is 2.12. The summed E-state index contributed by atoms with van der Waals surface area (Å²) in [6.45, 7) is 3.76. The number of H-pyrrole nitrogens is 1. The molecule has 4 rings (SSSR count). The number of fused-ring (bicyclic) bond motifs is 1. The zero-order chi connectivity index (χ0) is 16.7. The Bertz CT molecular complexity index is 887. The molecule has 0 amide bonds. The molecular formula is C16H20N8. The highest BCUT2D eigenvalue weighted by molar-refractivity contribution is 5.87. The Morgan fingerprint density at radius 2 is 2.21 bits per heavy atom. The number of rotatable bonds is 3. The summed E-state index contributed by atoms with van der Waals surface area (Å²) in [6, 6.07) is 4.14. The van der Waals surface area contributed by atoms with Gasteiger partial charge in [0.15, 0.2) is 0 Å². The van der Waals surface area contributed by atoms with Crippen LogP contribution in [0.3, 0.4) is 0 Å². The molecule has 6 N–H and O–H groups in total. The van der Waals surface area contributed by atoms with Crippen molar-refractivity contribution in [3.8, 4) is 0 Å². The Hall–Kier alpha value is -3.03. The highest BCUT2D eigenvalue weighted by Gasteiger charge is 2.25. The quantitative estimate of drug-likeness (QED) is 0.576. The fourth-order valence-corrected chi connectivity index (χ4v) is 3.17. The second-order valence-corrected chi connectivity index (χ2v) is 6.14. The maximum Gasteiger partial charge on any atom is 0.149 e. The standard InChI is InChI=1S/C16H20N8/c1-9-6-12(17)13(18)23-14(9)22-10-3-5-24(7-10)16-11-2-4-19-15(11)20-8-21-16/h2,4,6,8,10H,3,5,7,17H2,1H3,(H3,18,22,23)(H,19,20,21)/t10-/m1/s1. The van der Waals surface area contributed by atoms with Crippen LogP contribution in [-0.2, 0) is 0 Å². The molecule has 1 aliphatic rings. The predicted octanol–water partition coefficient (Wildman–Crippen LogP) is 1.52. The molecule has 4 heterocycles. The molecule has 1 aliphatic heterocycles. The van der Waals surface area contributed by atoms with Crippen molar-refractivity contribution in [3.63, 3.8) is 0 Å². The molecule has 8 nitrogen and oxygen atoms in total. The van der Waals surface area contributed by atoms with Crippen LogP contribution in [0.4, 0.5) is 23.1 Å². The summed E-state index contributed by atoms with van der Waals surface area (Å²) in [4.78, 5) is 18.5. The van der Waals surface area contributed by atoms with Crippen molar-refractivity contribution in [1.82, 2.24) is 19.9 Å². The lowest BCUT2D eigenvalue weighted by molar-refractivity contribution is 0.799. The number of hydrogen-bond donors (Lipinski definition) is 4. The number of nitrogens with one attached hydrogen (secondary N) is 2. The number of nitrogens with zero attached hydrogens (tertiary/aromatic N) is 4. The Labute approximate surface area is 139 Å². The Morgan fingerprint density at radius 3 is 3.08 bits per heavy atom. The van der Waals surface area contributed by atoms with Gasteiger partial charge in [0, 0.05) is 25.3 Å². The van der Waals surface area contributed by atoms with Crippen LogP contribution >= 0.6 is 0 Å². The van der Waals surface area contributed by atoms with Crippen molar-refractivity contribution in [1.29, 1.82) is 0 Å². The molecule has 1 saturated heterocycles. The van der Waals surface area contributed by atoms with Gasteiger partial charge in [-0.05, 0) is 31.0 Å². The molecule has 124 valence electrons. The minimum Gasteiger partial charge on any atom is -0.396 e. The second kappa shape index (κ2) is 5.55. The van der Waals surface area contributed by atoms with Crippen molar-refractivity contribution < 1.29 is 0 Å². The van der Waals surface area contributed by atoms with E-state index in [-0.39, 0.29) is 6.04 Å². The van der Waals surface area contributed by atoms with Crippen molar-refractivity contribution in [2.24, 2.45) is 0 Å². The van der Waals surface area contributed by atoms with Crippen LogP contribution in [-0.4, -0.2) is 39.1 Å². The molecule has 0 aromatic carbocycles. The van der Waals surface area contributed by atoms with Gasteiger partial charge in [-0.2, -0.15) is 0 Å². The van der Waals surface area contributed by atoms with Crippen molar-refractivity contribution >= 4 is 34.2 Å². The van der Waals surface area contributed by atoms with E-state index < -0.39 is 0 Å². The highest BCUT2D eigenvalue weighted by atomic mass is 15.2. The number of nitrogens with two attached hydrogens (primary N) is 2. The first kappa shape index (κ1) is 14.6. The molecule has 0 saturated carbocycles. The summed E-state index contributed by atoms with van der Waals surface area (Å²) >= 11 is 0. The normalized spacial score (nSPS) is 17.5. The van der Waals surface area contributed by atoms with E-state index in [4.69, 9.17) is 11.5 Å². The number of nitrogen functional groups attached to an aromatic ring is 2. The zero-order valence-electron chi connectivity index (χ0n) is 13.5. The summed E-state index contributed by atoms with van der Waals surface area (Å²) in [7, 11) is 0. The maximum absolute atomic E-state index is 5.83. The molecule has 8 heteroatoms. The number of aryl methyl sites for hydroxylation is 1. The first-order chi connectivity index (χ1) is 11.6. The first-order valence-electron chi connectivity index (χ1n) is 7.94. The summed E-state index contributed by atoms with van der Waals surface area (Å²) < 4.78 is 0. The largest absolute Gasteiger partial charge is 0.396 e. The third-order valence-electron chi connectivity index (χ3n) is 4.44. The van der Waals surface area contributed by atoms with Gasteiger partial charge < -0.3 is 26.7 Å². The van der Waals surface area contributed by atoms with Gasteiger partial charge in [0.2, 0.25) is 0 Å². The van der Waals surface area contributed by atoms with E-state index in [0.717, 1.165) is 47.7 Å². The van der Waals surface area contributed by atoms with E-state index in [1.165, 1.54) is 0 Å². The van der Waals surface area contributed by atoms with Crippen LogP contribution in [0.15, 0.2) is 24.7 Å². The minimum atomic E-state index is 0.281. The van der Waals surface area contributed by atoms with Crippen molar-refractivity contribution in [2.75, 3.05) is 34.8 Å². The van der Waals surface area contributed by atoms with Gasteiger partial charge in [-0.3, -0.25) is 0 Å². The van der Waals surface area contributed by atoms with Crippen LogP contribution < -0.4 is 21.7 Å². The van der Waals surface area contributed by atoms with Crippen molar-refractivity contribution in [3.05, 3.63) is 30.2 Å². The van der Waals surface area contributed by atoms with E-state index in [1.54, 1.807) is 6.33 Å². The Balaban J connectivity index is 1.53. The molecule has 0 radical (unpaired) electrons. The maximum atomic E-state index is 5.83. The molecule has 0 spiro atoms. The Morgan fingerprint density at radius 1 is 1.33 bits per heavy atom. The molecule has 1 fully saturated rings. The Kier molecular flexibility index (Phi) is 3.37. The van der Waals surface area contributed by atoms with Crippen LogP contribution in [0.1, 0.15) is 12.0 Å². The van der Waals surface area contributed by atoms with Gasteiger partial charge in [-0.1, -0.05) is 0 Å². The van der Waals surface area contributed by atoms with Gasteiger partial charge in [0.25, 0.3) is 0 Å². The number of aromatic amines is 1. The molecule has 0 unspecified atom stereocenters. The molecule has 24 heavy (non-hydrogen) atoms. The summed E-state index contributed by atoms with van der Waals surface area (Å²) in [5, 5.41) is 4.52. The van der Waals surface area contributed by atoms with E-state index in [2.05, 4.69) is 30.2 Å². The van der Waals surface area contributed by atoms with Gasteiger partial charge in [-0.15, -0.1) is 0 Å². The molecule has 0 bridgehead atoms. The molecule has 3 aromatic heterocycles. The third-order valence-corrected chi connectivity index (χ3v) is 4.44. The predicted molar refractivity (Wildman–Crippen MR) is 95.9 cm³/mol. The lowest BCUT2D eigenvalue weighted by atomic mass is 10.2. The van der Waals surface area contributed by atoms with Gasteiger partial charge in [-0.25, -0.2) is 15.0 Å². The second-order valence-electron chi connectivity index (χ2n) is 6.14. The molecular weight excluding hydrogens is 304 g/mol. The lowest BCUT2D eigenvalue weighted by Crippen LogP contribution is -2.27.